The number of anilines is 1. The lowest BCUT2D eigenvalue weighted by molar-refractivity contribution is -0.139. The quantitative estimate of drug-likeness (QED) is 0.468. The summed E-state index contributed by atoms with van der Waals surface area (Å²) >= 11 is 12.0. The first kappa shape index (κ1) is 25.2. The second-order valence-electron chi connectivity index (χ2n) is 8.28. The highest BCUT2D eigenvalue weighted by Gasteiger charge is 2.28. The van der Waals surface area contributed by atoms with Gasteiger partial charge in [0.15, 0.2) is 0 Å². The van der Waals surface area contributed by atoms with Crippen LogP contribution in [0.2, 0.25) is 10.0 Å². The first-order chi connectivity index (χ1) is 17.0. The number of rotatable bonds is 8. The molecule has 0 unspecified atom stereocenters. The molecule has 3 aromatic rings. The molecule has 6 nitrogen and oxygen atoms in total. The second kappa shape index (κ2) is 12.2. The summed E-state index contributed by atoms with van der Waals surface area (Å²) in [5.41, 5.74) is 2.86. The third-order valence-electron chi connectivity index (χ3n) is 5.95. The largest absolute Gasteiger partial charge is 0.362 e. The number of carbonyl (C=O) groups excluding carboxylic acids is 2. The molecule has 1 aliphatic heterocycles. The Hall–Kier alpha value is -2.90. The Morgan fingerprint density at radius 2 is 1.40 bits per heavy atom. The summed E-state index contributed by atoms with van der Waals surface area (Å²) in [6, 6.07) is 25.9. The summed E-state index contributed by atoms with van der Waals surface area (Å²) in [7, 11) is 0. The number of hydrogen-bond acceptors (Lipinski definition) is 4. The summed E-state index contributed by atoms with van der Waals surface area (Å²) in [4.78, 5) is 29.0. The van der Waals surface area contributed by atoms with Gasteiger partial charge in [-0.05, 0) is 23.3 Å². The fraction of sp³-hybridized carbons (Fsp3) is 0.259. The third kappa shape index (κ3) is 6.61. The topological polar surface area (TPSA) is 61.9 Å². The molecule has 1 fully saturated rings. The fourth-order valence-electron chi connectivity index (χ4n) is 4.22. The van der Waals surface area contributed by atoms with E-state index in [1.807, 2.05) is 12.1 Å². The highest BCUT2D eigenvalue weighted by atomic mass is 35.5. The van der Waals surface area contributed by atoms with Crippen LogP contribution in [0.1, 0.15) is 17.2 Å². The zero-order valence-electron chi connectivity index (χ0n) is 19.2. The molecular formula is C27H27Cl2N3O3. The van der Waals surface area contributed by atoms with Crippen LogP contribution in [0.25, 0.3) is 0 Å². The molecular weight excluding hydrogens is 485 g/mol. The maximum Gasteiger partial charge on any atom is 0.250 e. The van der Waals surface area contributed by atoms with E-state index in [1.165, 1.54) is 11.1 Å². The van der Waals surface area contributed by atoms with Crippen LogP contribution >= 0.6 is 23.2 Å². The number of ether oxygens (including phenoxy) is 1. The number of carbonyl (C=O) groups is 2. The summed E-state index contributed by atoms with van der Waals surface area (Å²) in [6.45, 7) is 2.28. The molecule has 182 valence electrons. The maximum atomic E-state index is 12.7. The number of halogens is 2. The zero-order chi connectivity index (χ0) is 24.6. The molecule has 0 spiro atoms. The van der Waals surface area contributed by atoms with E-state index in [4.69, 9.17) is 27.9 Å². The van der Waals surface area contributed by atoms with E-state index < -0.39 is 5.91 Å². The Labute approximate surface area is 215 Å². The molecule has 0 saturated carbocycles. The number of piperazine rings is 1. The van der Waals surface area contributed by atoms with E-state index in [9.17, 15) is 9.59 Å². The molecule has 0 aromatic heterocycles. The average Bonchev–Trinajstić information content (AvgIpc) is 2.88. The molecule has 0 bridgehead atoms. The lowest BCUT2D eigenvalue weighted by atomic mass is 9.96. The number of nitrogens with zero attached hydrogens (tertiary/aromatic N) is 2. The van der Waals surface area contributed by atoms with Crippen molar-refractivity contribution < 1.29 is 14.3 Å². The molecule has 1 aliphatic rings. The Morgan fingerprint density at radius 1 is 0.800 bits per heavy atom. The van der Waals surface area contributed by atoms with Crippen LogP contribution in [0.5, 0.6) is 0 Å². The van der Waals surface area contributed by atoms with Crippen LogP contribution in [0.4, 0.5) is 5.69 Å². The van der Waals surface area contributed by atoms with Crippen LogP contribution in [0, 0.1) is 0 Å². The van der Waals surface area contributed by atoms with Crippen molar-refractivity contribution in [2.24, 2.45) is 0 Å². The predicted octanol–water partition coefficient (Wildman–Crippen LogP) is 4.88. The standard InChI is InChI=1S/C27H27Cl2N3O3/c28-22-12-7-13-23(26(22)29)30-24(33)18-35-19-25(34)31-14-16-32(17-15-31)27(20-8-3-1-4-9-20)21-10-5-2-6-11-21/h1-13,27H,14-19H2,(H,30,33). The lowest BCUT2D eigenvalue weighted by Crippen LogP contribution is -2.50. The Balaban J connectivity index is 1.27. The summed E-state index contributed by atoms with van der Waals surface area (Å²) in [6.07, 6.45) is 0. The Morgan fingerprint density at radius 3 is 2.00 bits per heavy atom. The van der Waals surface area contributed by atoms with Crippen molar-refractivity contribution in [1.29, 1.82) is 0 Å². The summed E-state index contributed by atoms with van der Waals surface area (Å²) in [5.74, 6) is -0.533. The van der Waals surface area contributed by atoms with Crippen molar-refractivity contribution in [2.45, 2.75) is 6.04 Å². The minimum absolute atomic E-state index is 0.130. The average molecular weight is 512 g/mol. The minimum Gasteiger partial charge on any atom is -0.362 e. The SMILES string of the molecule is O=C(COCC(=O)N1CCN(C(c2ccccc2)c2ccccc2)CC1)Nc1cccc(Cl)c1Cl. The predicted molar refractivity (Wildman–Crippen MR) is 139 cm³/mol. The van der Waals surface area contributed by atoms with Crippen molar-refractivity contribution in [3.8, 4) is 0 Å². The van der Waals surface area contributed by atoms with Gasteiger partial charge in [0.25, 0.3) is 0 Å². The minimum atomic E-state index is -0.402. The van der Waals surface area contributed by atoms with Crippen molar-refractivity contribution in [3.05, 3.63) is 100 Å². The van der Waals surface area contributed by atoms with E-state index in [0.717, 1.165) is 13.1 Å². The molecule has 2 amide bonds. The van der Waals surface area contributed by atoms with Gasteiger partial charge < -0.3 is 15.0 Å². The number of amides is 2. The van der Waals surface area contributed by atoms with Crippen molar-refractivity contribution in [3.63, 3.8) is 0 Å². The fourth-order valence-corrected chi connectivity index (χ4v) is 4.57. The van der Waals surface area contributed by atoms with Crippen LogP contribution < -0.4 is 5.32 Å². The Kier molecular flexibility index (Phi) is 8.77. The van der Waals surface area contributed by atoms with Crippen molar-refractivity contribution in [2.75, 3.05) is 44.7 Å². The molecule has 0 radical (unpaired) electrons. The highest BCUT2D eigenvalue weighted by molar-refractivity contribution is 6.44. The highest BCUT2D eigenvalue weighted by Crippen LogP contribution is 2.30. The van der Waals surface area contributed by atoms with Crippen molar-refractivity contribution >= 4 is 40.7 Å². The summed E-state index contributed by atoms with van der Waals surface area (Å²) < 4.78 is 5.37. The van der Waals surface area contributed by atoms with Crippen LogP contribution in [0.3, 0.4) is 0 Å². The van der Waals surface area contributed by atoms with Crippen molar-refractivity contribution in [1.82, 2.24) is 9.80 Å². The van der Waals surface area contributed by atoms with Gasteiger partial charge in [-0.25, -0.2) is 0 Å². The van der Waals surface area contributed by atoms with E-state index in [-0.39, 0.29) is 30.2 Å². The van der Waals surface area contributed by atoms with Crippen LogP contribution in [-0.2, 0) is 14.3 Å². The molecule has 8 heteroatoms. The van der Waals surface area contributed by atoms with E-state index in [1.54, 1.807) is 23.1 Å². The maximum absolute atomic E-state index is 12.7. The normalized spacial score (nSPS) is 14.2. The summed E-state index contributed by atoms with van der Waals surface area (Å²) in [5, 5.41) is 3.25. The van der Waals surface area contributed by atoms with Gasteiger partial charge in [-0.3, -0.25) is 14.5 Å². The van der Waals surface area contributed by atoms with E-state index in [0.29, 0.717) is 23.8 Å². The molecule has 3 aromatic carbocycles. The van der Waals surface area contributed by atoms with Gasteiger partial charge in [0.1, 0.15) is 13.2 Å². The molecule has 0 aliphatic carbocycles. The van der Waals surface area contributed by atoms with Gasteiger partial charge in [0.2, 0.25) is 11.8 Å². The van der Waals surface area contributed by atoms with Crippen LogP contribution in [0.15, 0.2) is 78.9 Å². The van der Waals surface area contributed by atoms with Gasteiger partial charge in [-0.1, -0.05) is 89.9 Å². The first-order valence-corrected chi connectivity index (χ1v) is 12.2. The molecule has 1 saturated heterocycles. The lowest BCUT2D eigenvalue weighted by Gasteiger charge is -2.39. The van der Waals surface area contributed by atoms with E-state index in [2.05, 4.69) is 58.7 Å². The van der Waals surface area contributed by atoms with Gasteiger partial charge in [0, 0.05) is 26.2 Å². The van der Waals surface area contributed by atoms with Gasteiger partial charge in [0.05, 0.1) is 21.8 Å². The number of benzene rings is 3. The first-order valence-electron chi connectivity index (χ1n) is 11.5. The smallest absolute Gasteiger partial charge is 0.250 e. The molecule has 35 heavy (non-hydrogen) atoms. The van der Waals surface area contributed by atoms with Gasteiger partial charge >= 0.3 is 0 Å². The van der Waals surface area contributed by atoms with Gasteiger partial charge in [-0.2, -0.15) is 0 Å². The molecule has 1 heterocycles. The molecule has 0 atom stereocenters. The third-order valence-corrected chi connectivity index (χ3v) is 6.77. The number of nitrogens with one attached hydrogen (secondary N) is 1. The number of hydrogen-bond donors (Lipinski definition) is 1. The molecule has 4 rings (SSSR count). The van der Waals surface area contributed by atoms with Gasteiger partial charge in [-0.15, -0.1) is 0 Å². The molecule has 1 N–H and O–H groups in total. The zero-order valence-corrected chi connectivity index (χ0v) is 20.7. The van der Waals surface area contributed by atoms with Crippen LogP contribution in [-0.4, -0.2) is 61.0 Å². The monoisotopic (exact) mass is 511 g/mol. The second-order valence-corrected chi connectivity index (χ2v) is 9.07. The van der Waals surface area contributed by atoms with E-state index >= 15 is 0 Å². The Bertz CT molecular complexity index is 1100.